The molecule has 1 heterocycles. The lowest BCUT2D eigenvalue weighted by Gasteiger charge is -2.30. The first kappa shape index (κ1) is 13.0. The highest BCUT2D eigenvalue weighted by Gasteiger charge is 2.26. The molecule has 0 aromatic heterocycles. The van der Waals surface area contributed by atoms with E-state index in [9.17, 15) is 5.11 Å². The number of piperidine rings is 1. The maximum absolute atomic E-state index is 10.7. The van der Waals surface area contributed by atoms with Gasteiger partial charge in [-0.3, -0.25) is 0 Å². The molecule has 0 amide bonds. The molecule has 1 fully saturated rings. The van der Waals surface area contributed by atoms with E-state index >= 15 is 0 Å². The van der Waals surface area contributed by atoms with Crippen molar-refractivity contribution in [1.82, 2.24) is 5.32 Å². The maximum atomic E-state index is 10.7. The number of nitrogens with one attached hydrogen (secondary N) is 1. The second-order valence-electron chi connectivity index (χ2n) is 6.22. The van der Waals surface area contributed by atoms with Crippen LogP contribution >= 0.6 is 0 Å². The molecule has 1 atom stereocenters. The van der Waals surface area contributed by atoms with Gasteiger partial charge < -0.3 is 10.4 Å². The molecular weight excluding hydrogens is 234 g/mol. The lowest BCUT2D eigenvalue weighted by atomic mass is 9.78. The van der Waals surface area contributed by atoms with Gasteiger partial charge in [-0.25, -0.2) is 0 Å². The van der Waals surface area contributed by atoms with Crippen molar-refractivity contribution in [1.29, 1.82) is 0 Å². The molecule has 2 N–H and O–H groups in total. The van der Waals surface area contributed by atoms with E-state index in [1.165, 1.54) is 48.8 Å². The first-order chi connectivity index (χ1) is 9.20. The molecule has 1 aromatic carbocycles. The van der Waals surface area contributed by atoms with Crippen LogP contribution in [0.4, 0.5) is 0 Å². The zero-order valence-corrected chi connectivity index (χ0v) is 12.2. The number of phenolic OH excluding ortho intramolecular Hbond substituents is 1. The fourth-order valence-electron chi connectivity index (χ4n) is 4.02. The van der Waals surface area contributed by atoms with Crippen LogP contribution in [0.1, 0.15) is 59.4 Å². The molecular formula is C17H25NO. The topological polar surface area (TPSA) is 32.3 Å². The highest BCUT2D eigenvalue weighted by molar-refractivity contribution is 5.56. The number of rotatable bonds is 1. The smallest absolute Gasteiger partial charge is 0.122 e. The highest BCUT2D eigenvalue weighted by Crippen LogP contribution is 2.41. The van der Waals surface area contributed by atoms with Crippen LogP contribution in [-0.4, -0.2) is 18.2 Å². The Kier molecular flexibility index (Phi) is 3.53. The van der Waals surface area contributed by atoms with Crippen molar-refractivity contribution < 1.29 is 5.11 Å². The normalized spacial score (nSPS) is 23.2. The lowest BCUT2D eigenvalue weighted by Crippen LogP contribution is -2.29. The van der Waals surface area contributed by atoms with Gasteiger partial charge in [0.1, 0.15) is 5.75 Å². The van der Waals surface area contributed by atoms with Gasteiger partial charge in [-0.15, -0.1) is 0 Å². The van der Waals surface area contributed by atoms with E-state index in [4.69, 9.17) is 0 Å². The summed E-state index contributed by atoms with van der Waals surface area (Å²) in [6.45, 7) is 6.48. The number of aromatic hydroxyl groups is 1. The Morgan fingerprint density at radius 1 is 1.00 bits per heavy atom. The van der Waals surface area contributed by atoms with Gasteiger partial charge in [0.15, 0.2) is 0 Å². The van der Waals surface area contributed by atoms with Crippen molar-refractivity contribution in [2.75, 3.05) is 13.1 Å². The quantitative estimate of drug-likeness (QED) is 0.810. The molecule has 1 aliphatic carbocycles. The van der Waals surface area contributed by atoms with Crippen LogP contribution < -0.4 is 5.32 Å². The fourth-order valence-corrected chi connectivity index (χ4v) is 4.02. The Morgan fingerprint density at radius 2 is 1.68 bits per heavy atom. The van der Waals surface area contributed by atoms with Gasteiger partial charge in [-0.2, -0.15) is 0 Å². The number of phenols is 1. The van der Waals surface area contributed by atoms with Crippen molar-refractivity contribution in [3.8, 4) is 5.75 Å². The molecule has 1 aromatic rings. The van der Waals surface area contributed by atoms with Gasteiger partial charge >= 0.3 is 0 Å². The second-order valence-corrected chi connectivity index (χ2v) is 6.22. The van der Waals surface area contributed by atoms with Crippen molar-refractivity contribution >= 4 is 0 Å². The number of hydrogen-bond donors (Lipinski definition) is 2. The Labute approximate surface area is 116 Å². The zero-order chi connectivity index (χ0) is 13.4. The molecule has 0 saturated carbocycles. The third-order valence-corrected chi connectivity index (χ3v) is 5.09. The Morgan fingerprint density at radius 3 is 2.32 bits per heavy atom. The fraction of sp³-hybridized carbons (Fsp3) is 0.647. The number of fused-ring (bicyclic) bond motifs is 1. The predicted molar refractivity (Wildman–Crippen MR) is 79.1 cm³/mol. The third-order valence-electron chi connectivity index (χ3n) is 5.09. The van der Waals surface area contributed by atoms with E-state index in [2.05, 4.69) is 19.2 Å². The minimum Gasteiger partial charge on any atom is -0.507 e. The van der Waals surface area contributed by atoms with Crippen molar-refractivity contribution in [2.45, 2.75) is 58.3 Å². The molecule has 3 rings (SSSR count). The van der Waals surface area contributed by atoms with Crippen molar-refractivity contribution in [2.24, 2.45) is 0 Å². The van der Waals surface area contributed by atoms with Gasteiger partial charge in [0.25, 0.3) is 0 Å². The maximum Gasteiger partial charge on any atom is 0.122 e. The lowest BCUT2D eigenvalue weighted by molar-refractivity contribution is 0.419. The largest absolute Gasteiger partial charge is 0.507 e. The Balaban J connectivity index is 2.10. The summed E-state index contributed by atoms with van der Waals surface area (Å²) < 4.78 is 0. The Hall–Kier alpha value is -1.02. The van der Waals surface area contributed by atoms with E-state index < -0.39 is 0 Å². The first-order valence-corrected chi connectivity index (χ1v) is 7.74. The molecule has 104 valence electrons. The minimum atomic E-state index is 0.500. The summed E-state index contributed by atoms with van der Waals surface area (Å²) >= 11 is 0. The van der Waals surface area contributed by atoms with E-state index in [1.54, 1.807) is 5.56 Å². The molecule has 2 aliphatic rings. The monoisotopic (exact) mass is 259 g/mol. The van der Waals surface area contributed by atoms with Crippen LogP contribution in [0, 0.1) is 13.8 Å². The SMILES string of the molecule is Cc1c(O)c(C2CCCNC2)c(C)c2c1CCCC2. The average Bonchev–Trinajstić information content (AvgIpc) is 2.46. The van der Waals surface area contributed by atoms with Gasteiger partial charge in [-0.1, -0.05) is 0 Å². The molecule has 0 radical (unpaired) electrons. The van der Waals surface area contributed by atoms with Crippen molar-refractivity contribution in [3.05, 3.63) is 27.8 Å². The second kappa shape index (κ2) is 5.16. The van der Waals surface area contributed by atoms with Gasteiger partial charge in [0, 0.05) is 18.0 Å². The van der Waals surface area contributed by atoms with Crippen LogP contribution in [0.2, 0.25) is 0 Å². The summed E-state index contributed by atoms with van der Waals surface area (Å²) in [6.07, 6.45) is 7.37. The zero-order valence-electron chi connectivity index (χ0n) is 12.2. The standard InChI is InChI=1S/C17H25NO/c1-11-14-7-3-4-8-15(14)12(2)17(19)16(11)13-6-5-9-18-10-13/h13,18-19H,3-10H2,1-2H3. The summed E-state index contributed by atoms with van der Waals surface area (Å²) in [5.41, 5.74) is 6.76. The Bertz CT molecular complexity index is 487. The van der Waals surface area contributed by atoms with Crippen LogP contribution in [0.5, 0.6) is 5.75 Å². The summed E-state index contributed by atoms with van der Waals surface area (Å²) in [7, 11) is 0. The molecule has 0 bridgehead atoms. The molecule has 0 spiro atoms. The molecule has 2 nitrogen and oxygen atoms in total. The molecule has 19 heavy (non-hydrogen) atoms. The molecule has 2 heteroatoms. The highest BCUT2D eigenvalue weighted by atomic mass is 16.3. The van der Waals surface area contributed by atoms with E-state index in [-0.39, 0.29) is 0 Å². The molecule has 1 saturated heterocycles. The van der Waals surface area contributed by atoms with E-state index in [1.807, 2.05) is 0 Å². The van der Waals surface area contributed by atoms with E-state index in [0.29, 0.717) is 11.7 Å². The summed E-state index contributed by atoms with van der Waals surface area (Å²) in [4.78, 5) is 0. The summed E-state index contributed by atoms with van der Waals surface area (Å²) in [5.74, 6) is 1.09. The van der Waals surface area contributed by atoms with Crippen LogP contribution in [0.3, 0.4) is 0 Å². The predicted octanol–water partition coefficient (Wildman–Crippen LogP) is 3.35. The number of benzene rings is 1. The molecule has 1 unspecified atom stereocenters. The average molecular weight is 259 g/mol. The minimum absolute atomic E-state index is 0.500. The van der Waals surface area contributed by atoms with Crippen molar-refractivity contribution in [3.63, 3.8) is 0 Å². The summed E-state index contributed by atoms with van der Waals surface area (Å²) in [6, 6.07) is 0. The third kappa shape index (κ3) is 2.16. The van der Waals surface area contributed by atoms with Crippen LogP contribution in [0.25, 0.3) is 0 Å². The molecule has 1 aliphatic heterocycles. The summed E-state index contributed by atoms with van der Waals surface area (Å²) in [5, 5.41) is 14.1. The van der Waals surface area contributed by atoms with E-state index in [0.717, 1.165) is 25.1 Å². The van der Waals surface area contributed by atoms with Gasteiger partial charge in [0.2, 0.25) is 0 Å². The number of hydrogen-bond acceptors (Lipinski definition) is 2. The van der Waals surface area contributed by atoms with Crippen LogP contribution in [0.15, 0.2) is 0 Å². The van der Waals surface area contributed by atoms with Gasteiger partial charge in [-0.05, 0) is 81.2 Å². The van der Waals surface area contributed by atoms with Crippen LogP contribution in [-0.2, 0) is 12.8 Å². The first-order valence-electron chi connectivity index (χ1n) is 7.74. The van der Waals surface area contributed by atoms with Gasteiger partial charge in [0.05, 0.1) is 0 Å².